The Bertz CT molecular complexity index is 453. The van der Waals surface area contributed by atoms with Crippen LogP contribution in [0, 0.1) is 0 Å². The number of hydrogen-bond acceptors (Lipinski definition) is 3. The molecule has 2 N–H and O–H groups in total. The minimum Gasteiger partial charge on any atom is -0.486 e. The van der Waals surface area contributed by atoms with E-state index >= 15 is 0 Å². The molecule has 4 heteroatoms. The van der Waals surface area contributed by atoms with Gasteiger partial charge in [0.25, 0.3) is 0 Å². The second-order valence-electron chi connectivity index (χ2n) is 5.76. The van der Waals surface area contributed by atoms with E-state index in [4.69, 9.17) is 26.8 Å². The van der Waals surface area contributed by atoms with Crippen LogP contribution in [0.2, 0.25) is 5.02 Å². The van der Waals surface area contributed by atoms with E-state index in [1.165, 1.54) is 5.56 Å². The molecule has 1 unspecified atom stereocenters. The van der Waals surface area contributed by atoms with E-state index in [1.54, 1.807) is 0 Å². The topological polar surface area (TPSA) is 44.5 Å². The summed E-state index contributed by atoms with van der Waals surface area (Å²) in [7, 11) is 0. The SMILES string of the molecule is NC1(Cc2ccc(OC3CCCOC3)c(Cl)c2)CC1. The van der Waals surface area contributed by atoms with E-state index in [2.05, 4.69) is 6.07 Å². The average molecular weight is 282 g/mol. The molecule has 1 heterocycles. The molecule has 0 amide bonds. The molecule has 0 spiro atoms. The average Bonchev–Trinajstić information content (AvgIpc) is 3.12. The van der Waals surface area contributed by atoms with E-state index in [1.807, 2.05) is 12.1 Å². The molecule has 2 fully saturated rings. The van der Waals surface area contributed by atoms with Crippen LogP contribution < -0.4 is 10.5 Å². The van der Waals surface area contributed by atoms with Gasteiger partial charge >= 0.3 is 0 Å². The molecule has 1 aliphatic heterocycles. The predicted molar refractivity (Wildman–Crippen MR) is 75.8 cm³/mol. The molecular formula is C15H20ClNO2. The van der Waals surface area contributed by atoms with Gasteiger partial charge in [0.05, 0.1) is 11.6 Å². The monoisotopic (exact) mass is 281 g/mol. The van der Waals surface area contributed by atoms with Crippen molar-refractivity contribution in [2.45, 2.75) is 43.7 Å². The van der Waals surface area contributed by atoms with Crippen LogP contribution in [0.5, 0.6) is 5.75 Å². The van der Waals surface area contributed by atoms with Gasteiger partial charge in [0.15, 0.2) is 0 Å². The second-order valence-corrected chi connectivity index (χ2v) is 6.17. The third-order valence-electron chi connectivity index (χ3n) is 3.86. The Kier molecular flexibility index (Phi) is 3.70. The minimum absolute atomic E-state index is 0.0168. The van der Waals surface area contributed by atoms with E-state index in [0.29, 0.717) is 11.6 Å². The van der Waals surface area contributed by atoms with Gasteiger partial charge in [-0.2, -0.15) is 0 Å². The largest absolute Gasteiger partial charge is 0.486 e. The number of hydrogen-bond donors (Lipinski definition) is 1. The Balaban J connectivity index is 1.65. The molecule has 1 atom stereocenters. The van der Waals surface area contributed by atoms with Crippen LogP contribution in [0.25, 0.3) is 0 Å². The lowest BCUT2D eigenvalue weighted by Crippen LogP contribution is -2.28. The number of ether oxygens (including phenoxy) is 2. The predicted octanol–water partition coefficient (Wildman–Crippen LogP) is 2.93. The normalized spacial score (nSPS) is 25.1. The van der Waals surface area contributed by atoms with Gasteiger partial charge in [-0.15, -0.1) is 0 Å². The first kappa shape index (κ1) is 13.2. The van der Waals surface area contributed by atoms with Crippen molar-refractivity contribution in [1.82, 2.24) is 0 Å². The van der Waals surface area contributed by atoms with Gasteiger partial charge in [-0.25, -0.2) is 0 Å². The number of nitrogens with two attached hydrogens (primary N) is 1. The van der Waals surface area contributed by atoms with Crippen molar-refractivity contribution >= 4 is 11.6 Å². The molecule has 19 heavy (non-hydrogen) atoms. The summed E-state index contributed by atoms with van der Waals surface area (Å²) in [6, 6.07) is 6.00. The zero-order chi connectivity index (χ0) is 13.3. The summed E-state index contributed by atoms with van der Waals surface area (Å²) < 4.78 is 11.3. The molecule has 3 nitrogen and oxygen atoms in total. The Labute approximate surface area is 119 Å². The summed E-state index contributed by atoms with van der Waals surface area (Å²) in [5.41, 5.74) is 7.33. The highest BCUT2D eigenvalue weighted by molar-refractivity contribution is 6.32. The standard InChI is InChI=1S/C15H20ClNO2/c16-13-8-11(9-15(17)5-6-15)3-4-14(13)19-12-2-1-7-18-10-12/h3-4,8,12H,1-2,5-7,9-10,17H2. The van der Waals surface area contributed by atoms with E-state index in [-0.39, 0.29) is 11.6 Å². The molecule has 104 valence electrons. The summed E-state index contributed by atoms with van der Waals surface area (Å²) in [6.07, 6.45) is 5.34. The van der Waals surface area contributed by atoms with E-state index < -0.39 is 0 Å². The highest BCUT2D eigenvalue weighted by Crippen LogP contribution is 2.37. The van der Waals surface area contributed by atoms with Gasteiger partial charge in [-0.05, 0) is 49.8 Å². The maximum Gasteiger partial charge on any atom is 0.138 e. The molecule has 0 radical (unpaired) electrons. The number of rotatable bonds is 4. The fraction of sp³-hybridized carbons (Fsp3) is 0.600. The number of halogens is 1. The summed E-state index contributed by atoms with van der Waals surface area (Å²) in [5, 5.41) is 0.673. The lowest BCUT2D eigenvalue weighted by molar-refractivity contribution is 0.00747. The summed E-state index contributed by atoms with van der Waals surface area (Å²) in [4.78, 5) is 0. The quantitative estimate of drug-likeness (QED) is 0.923. The first-order valence-corrected chi connectivity index (χ1v) is 7.34. The molecule has 1 aliphatic carbocycles. The number of benzene rings is 1. The smallest absolute Gasteiger partial charge is 0.138 e. The highest BCUT2D eigenvalue weighted by atomic mass is 35.5. The first-order valence-electron chi connectivity index (χ1n) is 6.96. The van der Waals surface area contributed by atoms with Crippen LogP contribution in [-0.4, -0.2) is 24.9 Å². The fourth-order valence-corrected chi connectivity index (χ4v) is 2.73. The second kappa shape index (κ2) is 5.31. The fourth-order valence-electron chi connectivity index (χ4n) is 2.48. The maximum absolute atomic E-state index is 6.29. The van der Waals surface area contributed by atoms with Crippen LogP contribution in [0.15, 0.2) is 18.2 Å². The van der Waals surface area contributed by atoms with Gasteiger partial charge in [0, 0.05) is 12.1 Å². The van der Waals surface area contributed by atoms with E-state index in [9.17, 15) is 0 Å². The Morgan fingerprint density at radius 2 is 2.26 bits per heavy atom. The summed E-state index contributed by atoms with van der Waals surface area (Å²) in [6.45, 7) is 1.50. The van der Waals surface area contributed by atoms with Crippen molar-refractivity contribution in [2.24, 2.45) is 5.73 Å². The third-order valence-corrected chi connectivity index (χ3v) is 4.15. The molecule has 1 saturated carbocycles. The first-order chi connectivity index (χ1) is 9.15. The molecule has 0 bridgehead atoms. The van der Waals surface area contributed by atoms with Gasteiger partial charge in [0.2, 0.25) is 0 Å². The molecule has 1 aromatic rings. The zero-order valence-electron chi connectivity index (χ0n) is 11.0. The van der Waals surface area contributed by atoms with Crippen molar-refractivity contribution in [3.05, 3.63) is 28.8 Å². The Hall–Kier alpha value is -0.770. The van der Waals surface area contributed by atoms with Gasteiger partial charge in [-0.3, -0.25) is 0 Å². The van der Waals surface area contributed by atoms with Crippen LogP contribution in [0.1, 0.15) is 31.2 Å². The van der Waals surface area contributed by atoms with Crippen molar-refractivity contribution in [3.63, 3.8) is 0 Å². The van der Waals surface area contributed by atoms with Crippen LogP contribution in [-0.2, 0) is 11.2 Å². The van der Waals surface area contributed by atoms with Crippen LogP contribution in [0.4, 0.5) is 0 Å². The van der Waals surface area contributed by atoms with Crippen LogP contribution >= 0.6 is 11.6 Å². The highest BCUT2D eigenvalue weighted by Gasteiger charge is 2.38. The minimum atomic E-state index is 0.0168. The van der Waals surface area contributed by atoms with Crippen molar-refractivity contribution in [3.8, 4) is 5.75 Å². The summed E-state index contributed by atoms with van der Waals surface area (Å²) >= 11 is 6.29. The van der Waals surface area contributed by atoms with E-state index in [0.717, 1.165) is 44.5 Å². The molecule has 2 aliphatic rings. The van der Waals surface area contributed by atoms with Gasteiger partial charge in [0.1, 0.15) is 11.9 Å². The van der Waals surface area contributed by atoms with Gasteiger partial charge in [-0.1, -0.05) is 17.7 Å². The lowest BCUT2D eigenvalue weighted by atomic mass is 10.0. The van der Waals surface area contributed by atoms with Gasteiger partial charge < -0.3 is 15.2 Å². The molecule has 0 aromatic heterocycles. The Morgan fingerprint density at radius 3 is 2.89 bits per heavy atom. The molecular weight excluding hydrogens is 262 g/mol. The molecule has 1 aromatic carbocycles. The maximum atomic E-state index is 6.29. The van der Waals surface area contributed by atoms with Crippen molar-refractivity contribution in [1.29, 1.82) is 0 Å². The molecule has 3 rings (SSSR count). The zero-order valence-corrected chi connectivity index (χ0v) is 11.8. The lowest BCUT2D eigenvalue weighted by Gasteiger charge is -2.24. The summed E-state index contributed by atoms with van der Waals surface area (Å²) in [5.74, 6) is 0.753. The Morgan fingerprint density at radius 1 is 1.42 bits per heavy atom. The molecule has 1 saturated heterocycles. The van der Waals surface area contributed by atoms with Crippen molar-refractivity contribution in [2.75, 3.05) is 13.2 Å². The van der Waals surface area contributed by atoms with Crippen LogP contribution in [0.3, 0.4) is 0 Å². The van der Waals surface area contributed by atoms with Crippen molar-refractivity contribution < 1.29 is 9.47 Å². The third kappa shape index (κ3) is 3.41.